The van der Waals surface area contributed by atoms with Crippen molar-refractivity contribution in [1.29, 1.82) is 0 Å². The fourth-order valence-corrected chi connectivity index (χ4v) is 5.58. The van der Waals surface area contributed by atoms with Crippen LogP contribution in [0.4, 0.5) is 0 Å². The zero-order chi connectivity index (χ0) is 23.9. The molecule has 0 aliphatic heterocycles. The van der Waals surface area contributed by atoms with Gasteiger partial charge in [0.1, 0.15) is 17.2 Å². The molecule has 0 heterocycles. The summed E-state index contributed by atoms with van der Waals surface area (Å²) in [6.45, 7) is 1.94. The van der Waals surface area contributed by atoms with Crippen molar-refractivity contribution in [3.63, 3.8) is 0 Å². The minimum absolute atomic E-state index is 0.338. The van der Waals surface area contributed by atoms with E-state index in [1.807, 2.05) is 43.3 Å². The average Bonchev–Trinajstić information content (AvgIpc) is 2.86. The molecule has 0 unspecified atom stereocenters. The Labute approximate surface area is 204 Å². The van der Waals surface area contributed by atoms with Crippen LogP contribution in [0.2, 0.25) is 0 Å². The van der Waals surface area contributed by atoms with Gasteiger partial charge in [0.05, 0.1) is 0 Å². The third-order valence-electron chi connectivity index (χ3n) is 7.48. The highest BCUT2D eigenvalue weighted by Crippen LogP contribution is 2.41. The third-order valence-corrected chi connectivity index (χ3v) is 7.48. The largest absolute Gasteiger partial charge is 0.508 e. The Morgan fingerprint density at radius 2 is 1.03 bits per heavy atom. The van der Waals surface area contributed by atoms with E-state index in [0.29, 0.717) is 29.1 Å². The molecule has 3 nitrogen and oxygen atoms in total. The number of hydrogen-bond donors (Lipinski definition) is 3. The number of phenolic OH excluding ortho intramolecular Hbond substituents is 3. The van der Waals surface area contributed by atoms with Crippen molar-refractivity contribution in [2.24, 2.45) is 0 Å². The van der Waals surface area contributed by atoms with Crippen molar-refractivity contribution in [1.82, 2.24) is 0 Å². The number of hydrogen-bond acceptors (Lipinski definition) is 3. The fraction of sp³-hybridized carbons (Fsp3) is 0.419. The van der Waals surface area contributed by atoms with Gasteiger partial charge in [0.25, 0.3) is 0 Å². The molecule has 2 fully saturated rings. The Balaban J connectivity index is 0.000000291. The number of aromatic hydroxyl groups is 3. The van der Waals surface area contributed by atoms with Crippen molar-refractivity contribution in [2.45, 2.75) is 83.0 Å². The van der Waals surface area contributed by atoms with Gasteiger partial charge in [0.15, 0.2) is 0 Å². The molecule has 3 heteroatoms. The van der Waals surface area contributed by atoms with Gasteiger partial charge in [-0.05, 0) is 109 Å². The Morgan fingerprint density at radius 1 is 0.559 bits per heavy atom. The predicted octanol–water partition coefficient (Wildman–Crippen LogP) is 8.56. The van der Waals surface area contributed by atoms with Crippen LogP contribution in [-0.2, 0) is 0 Å². The molecule has 3 aromatic carbocycles. The molecule has 0 spiro atoms. The van der Waals surface area contributed by atoms with E-state index in [1.165, 1.54) is 64.2 Å². The lowest BCUT2D eigenvalue weighted by Crippen LogP contribution is -2.05. The van der Waals surface area contributed by atoms with Crippen LogP contribution < -0.4 is 0 Å². The minimum atomic E-state index is 0.338. The van der Waals surface area contributed by atoms with E-state index in [-0.39, 0.29) is 0 Å². The summed E-state index contributed by atoms with van der Waals surface area (Å²) in [6, 6.07) is 19.2. The first-order valence-electron chi connectivity index (χ1n) is 12.9. The summed E-state index contributed by atoms with van der Waals surface area (Å²) in [5, 5.41) is 29.6. The summed E-state index contributed by atoms with van der Waals surface area (Å²) < 4.78 is 0. The van der Waals surface area contributed by atoms with Gasteiger partial charge in [-0.1, -0.05) is 62.8 Å². The molecule has 0 amide bonds. The second-order valence-electron chi connectivity index (χ2n) is 10.1. The van der Waals surface area contributed by atoms with Gasteiger partial charge >= 0.3 is 0 Å². The van der Waals surface area contributed by atoms with Crippen LogP contribution in [0.5, 0.6) is 17.2 Å². The van der Waals surface area contributed by atoms with E-state index in [4.69, 9.17) is 5.11 Å². The van der Waals surface area contributed by atoms with Crippen LogP contribution in [0.25, 0.3) is 11.1 Å². The maximum absolute atomic E-state index is 10.4. The summed E-state index contributed by atoms with van der Waals surface area (Å²) >= 11 is 0. The first-order valence-corrected chi connectivity index (χ1v) is 12.9. The first kappa shape index (κ1) is 24.2. The predicted molar refractivity (Wildman–Crippen MR) is 140 cm³/mol. The van der Waals surface area contributed by atoms with Gasteiger partial charge in [0.2, 0.25) is 0 Å². The van der Waals surface area contributed by atoms with Crippen molar-refractivity contribution in [3.8, 4) is 28.4 Å². The van der Waals surface area contributed by atoms with Crippen LogP contribution in [-0.4, -0.2) is 15.3 Å². The maximum Gasteiger partial charge on any atom is 0.119 e. The topological polar surface area (TPSA) is 60.7 Å². The minimum Gasteiger partial charge on any atom is -0.508 e. The molecule has 5 rings (SSSR count). The second kappa shape index (κ2) is 11.5. The molecule has 0 aromatic heterocycles. The number of benzene rings is 3. The molecule has 0 radical (unpaired) electrons. The molecule has 3 N–H and O–H groups in total. The standard InChI is InChI=1S/C24H30O2.C7H8O/c25-23-13-11-19(15-21(23)17-7-3-1-4-8-17)20-12-14-24(26)22(16-20)18-9-5-2-6-10-18;1-6-3-2-4-7(8)5-6/h11-18,25-26H,1-10H2;2-5,8H,1H3. The molecule has 2 saturated carbocycles. The van der Waals surface area contributed by atoms with Crippen LogP contribution >= 0.6 is 0 Å². The highest BCUT2D eigenvalue weighted by molar-refractivity contribution is 5.68. The van der Waals surface area contributed by atoms with Crippen molar-refractivity contribution in [2.75, 3.05) is 0 Å². The van der Waals surface area contributed by atoms with E-state index in [1.54, 1.807) is 12.1 Å². The lowest BCUT2D eigenvalue weighted by atomic mass is 9.81. The summed E-state index contributed by atoms with van der Waals surface area (Å²) in [4.78, 5) is 0. The van der Waals surface area contributed by atoms with Gasteiger partial charge < -0.3 is 15.3 Å². The summed E-state index contributed by atoms with van der Waals surface area (Å²) in [6.07, 6.45) is 12.4. The molecule has 0 bridgehead atoms. The number of phenols is 3. The van der Waals surface area contributed by atoms with Gasteiger partial charge in [-0.25, -0.2) is 0 Å². The summed E-state index contributed by atoms with van der Waals surface area (Å²) in [7, 11) is 0. The number of rotatable bonds is 3. The first-order chi connectivity index (χ1) is 16.5. The van der Waals surface area contributed by atoms with Gasteiger partial charge in [-0.3, -0.25) is 0 Å². The zero-order valence-corrected chi connectivity index (χ0v) is 20.3. The van der Waals surface area contributed by atoms with Crippen LogP contribution in [0.3, 0.4) is 0 Å². The monoisotopic (exact) mass is 458 g/mol. The maximum atomic E-state index is 10.4. The summed E-state index contributed by atoms with van der Waals surface area (Å²) in [5.41, 5.74) is 5.61. The van der Waals surface area contributed by atoms with Crippen LogP contribution in [0.1, 0.15) is 92.7 Å². The Morgan fingerprint density at radius 3 is 1.41 bits per heavy atom. The Hall–Kier alpha value is -2.94. The SMILES string of the molecule is Cc1cccc(O)c1.Oc1ccc(-c2ccc(O)c(C3CCCCC3)c2)cc1C1CCCCC1. The fourth-order valence-electron chi connectivity index (χ4n) is 5.58. The van der Waals surface area contributed by atoms with E-state index >= 15 is 0 Å². The number of aryl methyl sites for hydroxylation is 1. The molecule has 0 atom stereocenters. The van der Waals surface area contributed by atoms with Crippen molar-refractivity contribution < 1.29 is 15.3 Å². The Bertz CT molecular complexity index is 993. The molecular formula is C31H38O3. The molecule has 180 valence electrons. The van der Waals surface area contributed by atoms with Crippen LogP contribution in [0, 0.1) is 6.92 Å². The van der Waals surface area contributed by atoms with Crippen LogP contribution in [0.15, 0.2) is 60.7 Å². The third kappa shape index (κ3) is 6.14. The van der Waals surface area contributed by atoms with E-state index in [0.717, 1.165) is 27.8 Å². The lowest BCUT2D eigenvalue weighted by molar-refractivity contribution is 0.414. The van der Waals surface area contributed by atoms with Crippen molar-refractivity contribution in [3.05, 3.63) is 77.4 Å². The molecular weight excluding hydrogens is 420 g/mol. The van der Waals surface area contributed by atoms with Gasteiger partial charge in [-0.2, -0.15) is 0 Å². The average molecular weight is 459 g/mol. The lowest BCUT2D eigenvalue weighted by Gasteiger charge is -2.24. The highest BCUT2D eigenvalue weighted by Gasteiger charge is 2.21. The van der Waals surface area contributed by atoms with E-state index in [9.17, 15) is 10.2 Å². The molecule has 0 saturated heterocycles. The normalized spacial score (nSPS) is 17.1. The smallest absolute Gasteiger partial charge is 0.119 e. The zero-order valence-electron chi connectivity index (χ0n) is 20.3. The summed E-state index contributed by atoms with van der Waals surface area (Å²) in [5.74, 6) is 2.18. The highest BCUT2D eigenvalue weighted by atomic mass is 16.3. The molecule has 2 aliphatic rings. The Kier molecular flexibility index (Phi) is 8.16. The van der Waals surface area contributed by atoms with Crippen molar-refractivity contribution >= 4 is 0 Å². The van der Waals surface area contributed by atoms with E-state index < -0.39 is 0 Å². The quantitative estimate of drug-likeness (QED) is 0.368. The molecule has 2 aliphatic carbocycles. The van der Waals surface area contributed by atoms with Gasteiger partial charge in [-0.15, -0.1) is 0 Å². The molecule has 3 aromatic rings. The van der Waals surface area contributed by atoms with E-state index in [2.05, 4.69) is 12.1 Å². The second-order valence-corrected chi connectivity index (χ2v) is 10.1. The van der Waals surface area contributed by atoms with Gasteiger partial charge in [0, 0.05) is 0 Å². The molecule has 34 heavy (non-hydrogen) atoms.